The summed E-state index contributed by atoms with van der Waals surface area (Å²) in [6, 6.07) is 35.3. The molecule has 0 amide bonds. The summed E-state index contributed by atoms with van der Waals surface area (Å²) in [5.74, 6) is 0. The third-order valence-corrected chi connectivity index (χ3v) is 7.07. The second kappa shape index (κ2) is 9.56. The number of aromatic amines is 2. The normalized spacial score (nSPS) is 11.6. The van der Waals surface area contributed by atoms with E-state index in [2.05, 4.69) is 57.7 Å². The maximum atomic E-state index is 11.2. The molecule has 4 heterocycles. The Balaban J connectivity index is 1.55. The molecule has 40 heavy (non-hydrogen) atoms. The Kier molecular flexibility index (Phi) is 5.60. The summed E-state index contributed by atoms with van der Waals surface area (Å²) in [5, 5.41) is 14.7. The smallest absolute Gasteiger partial charge is 0.269 e. The van der Waals surface area contributed by atoms with Crippen LogP contribution in [0.2, 0.25) is 0 Å². The van der Waals surface area contributed by atoms with E-state index in [1.165, 1.54) is 12.1 Å². The van der Waals surface area contributed by atoms with Crippen molar-refractivity contribution in [2.45, 2.75) is 0 Å². The van der Waals surface area contributed by atoms with E-state index in [9.17, 15) is 10.1 Å². The first-order chi connectivity index (χ1) is 19.6. The van der Waals surface area contributed by atoms with Crippen LogP contribution in [-0.2, 0) is 0 Å². The maximum Gasteiger partial charge on any atom is 0.269 e. The lowest BCUT2D eigenvalue weighted by molar-refractivity contribution is -0.384. The zero-order valence-electron chi connectivity index (χ0n) is 21.3. The molecule has 0 radical (unpaired) electrons. The third-order valence-electron chi connectivity index (χ3n) is 7.07. The van der Waals surface area contributed by atoms with Gasteiger partial charge in [0.1, 0.15) is 0 Å². The van der Waals surface area contributed by atoms with Crippen LogP contribution in [0, 0.1) is 10.1 Å². The first kappa shape index (κ1) is 23.4. The van der Waals surface area contributed by atoms with Gasteiger partial charge in [-0.25, -0.2) is 4.98 Å². The van der Waals surface area contributed by atoms with Crippen molar-refractivity contribution in [1.29, 1.82) is 0 Å². The molecule has 0 unspecified atom stereocenters. The van der Waals surface area contributed by atoms with Gasteiger partial charge in [-0.3, -0.25) is 10.1 Å². The molecule has 3 N–H and O–H groups in total. The van der Waals surface area contributed by atoms with Crippen molar-refractivity contribution in [2.24, 2.45) is 0 Å². The Bertz CT molecular complexity index is 1990. The lowest BCUT2D eigenvalue weighted by atomic mass is 10.0. The molecule has 0 atom stereocenters. The van der Waals surface area contributed by atoms with Gasteiger partial charge in [0.15, 0.2) is 0 Å². The van der Waals surface area contributed by atoms with Crippen molar-refractivity contribution in [1.82, 2.24) is 15.0 Å². The van der Waals surface area contributed by atoms with E-state index in [1.54, 1.807) is 12.1 Å². The van der Waals surface area contributed by atoms with Gasteiger partial charge in [0, 0.05) is 45.5 Å². The quantitative estimate of drug-likeness (QED) is 0.156. The fraction of sp³-hybridized carbons (Fsp3) is 0. The van der Waals surface area contributed by atoms with Gasteiger partial charge in [-0.1, -0.05) is 60.7 Å². The van der Waals surface area contributed by atoms with Crippen molar-refractivity contribution < 1.29 is 4.92 Å². The molecule has 0 fully saturated rings. The minimum absolute atomic E-state index is 0.0406. The number of H-pyrrole nitrogens is 2. The van der Waals surface area contributed by atoms with Gasteiger partial charge in [0.05, 0.1) is 27.5 Å². The molecule has 0 aliphatic carbocycles. The number of benzene rings is 3. The summed E-state index contributed by atoms with van der Waals surface area (Å²) in [4.78, 5) is 23.1. The molecule has 1 aliphatic rings. The van der Waals surface area contributed by atoms with Gasteiger partial charge < -0.3 is 15.3 Å². The monoisotopic (exact) mass is 521 g/mol. The van der Waals surface area contributed by atoms with E-state index in [0.29, 0.717) is 0 Å². The van der Waals surface area contributed by atoms with Crippen molar-refractivity contribution in [3.8, 4) is 22.3 Å². The average Bonchev–Trinajstić information content (AvgIpc) is 3.76. The Hall–Kier alpha value is -5.69. The number of aromatic nitrogens is 3. The van der Waals surface area contributed by atoms with E-state index in [4.69, 9.17) is 4.98 Å². The maximum absolute atomic E-state index is 11.2. The van der Waals surface area contributed by atoms with E-state index in [1.807, 2.05) is 54.6 Å². The number of rotatable bonds is 5. The molecule has 7 heteroatoms. The summed E-state index contributed by atoms with van der Waals surface area (Å²) in [6.45, 7) is 0. The summed E-state index contributed by atoms with van der Waals surface area (Å²) in [6.07, 6.45) is 4.02. The Labute approximate surface area is 229 Å². The summed E-state index contributed by atoms with van der Waals surface area (Å²) in [7, 11) is 0. The molecule has 3 aromatic heterocycles. The molecule has 0 saturated carbocycles. The molecule has 3 aromatic carbocycles. The Morgan fingerprint density at radius 3 is 1.75 bits per heavy atom. The van der Waals surface area contributed by atoms with Crippen LogP contribution < -0.4 is 5.32 Å². The second-order valence-electron chi connectivity index (χ2n) is 9.57. The van der Waals surface area contributed by atoms with Crippen LogP contribution in [0.3, 0.4) is 0 Å². The van der Waals surface area contributed by atoms with Crippen LogP contribution in [-0.4, -0.2) is 19.9 Å². The molecule has 0 spiro atoms. The molecular formula is C33H23N5O2. The van der Waals surface area contributed by atoms with Gasteiger partial charge in [-0.15, -0.1) is 0 Å². The van der Waals surface area contributed by atoms with Crippen molar-refractivity contribution in [3.05, 3.63) is 131 Å². The highest BCUT2D eigenvalue weighted by atomic mass is 16.6. The number of non-ortho nitro benzene ring substituents is 1. The number of fused-ring (bicyclic) bond motifs is 6. The summed E-state index contributed by atoms with van der Waals surface area (Å²) >= 11 is 0. The molecule has 7 rings (SSSR count). The summed E-state index contributed by atoms with van der Waals surface area (Å²) in [5.41, 5.74) is 11.1. The first-order valence-electron chi connectivity index (χ1n) is 12.9. The lowest BCUT2D eigenvalue weighted by Crippen LogP contribution is -1.95. The predicted molar refractivity (Wildman–Crippen MR) is 162 cm³/mol. The topological polar surface area (TPSA) is 99.6 Å². The van der Waals surface area contributed by atoms with Gasteiger partial charge in [0.25, 0.3) is 5.69 Å². The van der Waals surface area contributed by atoms with Crippen LogP contribution in [0.25, 0.3) is 56.5 Å². The zero-order valence-corrected chi connectivity index (χ0v) is 21.3. The number of hydrogen-bond acceptors (Lipinski definition) is 4. The molecular weight excluding hydrogens is 498 g/mol. The average molecular weight is 522 g/mol. The van der Waals surface area contributed by atoms with Crippen LogP contribution in [0.5, 0.6) is 0 Å². The highest BCUT2D eigenvalue weighted by molar-refractivity contribution is 5.99. The molecule has 1 aliphatic heterocycles. The number of nitrogens with zero attached hydrogens (tertiary/aromatic N) is 2. The van der Waals surface area contributed by atoms with Crippen LogP contribution in [0.4, 0.5) is 17.1 Å². The molecule has 6 aromatic rings. The highest BCUT2D eigenvalue weighted by Gasteiger charge is 2.16. The molecule has 6 bridgehead atoms. The largest absolute Gasteiger partial charge is 0.354 e. The first-order valence-corrected chi connectivity index (χ1v) is 12.9. The standard InChI is InChI=1S/C33H23N5O2/c39-38(40)24-13-11-23(12-14-24)34-33-29-19-17-27(36-29)31(21-7-3-1-4-8-21)25-15-16-26(35-25)32(22-9-5-2-6-10-22)28-18-20-30(33)37-28/h1-20,34-36H. The molecule has 0 saturated heterocycles. The van der Waals surface area contributed by atoms with Gasteiger partial charge in [0.2, 0.25) is 0 Å². The van der Waals surface area contributed by atoms with Gasteiger partial charge >= 0.3 is 0 Å². The molecule has 7 nitrogen and oxygen atoms in total. The Morgan fingerprint density at radius 1 is 0.600 bits per heavy atom. The second-order valence-corrected chi connectivity index (χ2v) is 9.57. The van der Waals surface area contributed by atoms with Gasteiger partial charge in [-0.05, 0) is 59.7 Å². The predicted octanol–water partition coefficient (Wildman–Crippen LogP) is 8.64. The Morgan fingerprint density at radius 2 is 1.12 bits per heavy atom. The van der Waals surface area contributed by atoms with Crippen molar-refractivity contribution >= 4 is 51.3 Å². The van der Waals surface area contributed by atoms with E-state index in [-0.39, 0.29) is 5.69 Å². The SMILES string of the molecule is O=[N+]([O-])c1ccc(Nc2c3nc(c(-c4ccccc4)c4ccc([nH]4)c(-c4ccccc4)c4ccc2[nH]4)C=C3)cc1. The van der Waals surface area contributed by atoms with E-state index >= 15 is 0 Å². The minimum Gasteiger partial charge on any atom is -0.354 e. The number of anilines is 2. The highest BCUT2D eigenvalue weighted by Crippen LogP contribution is 2.36. The number of nitro benzene ring substituents is 1. The minimum atomic E-state index is -0.400. The number of nitrogens with one attached hydrogen (secondary N) is 3. The van der Waals surface area contributed by atoms with E-state index in [0.717, 1.165) is 67.1 Å². The van der Waals surface area contributed by atoms with Crippen molar-refractivity contribution in [3.63, 3.8) is 0 Å². The van der Waals surface area contributed by atoms with Crippen LogP contribution in [0.1, 0.15) is 11.4 Å². The lowest BCUT2D eigenvalue weighted by Gasteiger charge is -2.09. The third kappa shape index (κ3) is 4.16. The van der Waals surface area contributed by atoms with Gasteiger partial charge in [-0.2, -0.15) is 0 Å². The molecule has 192 valence electrons. The zero-order chi connectivity index (χ0) is 27.1. The van der Waals surface area contributed by atoms with Crippen LogP contribution >= 0.6 is 0 Å². The van der Waals surface area contributed by atoms with E-state index < -0.39 is 4.92 Å². The van der Waals surface area contributed by atoms with Crippen LogP contribution in [0.15, 0.2) is 109 Å². The number of nitro groups is 1. The fourth-order valence-electron chi connectivity index (χ4n) is 5.20. The number of hydrogen-bond donors (Lipinski definition) is 3. The fourth-order valence-corrected chi connectivity index (χ4v) is 5.20. The van der Waals surface area contributed by atoms with Crippen molar-refractivity contribution in [2.75, 3.05) is 5.32 Å². The summed E-state index contributed by atoms with van der Waals surface area (Å²) < 4.78 is 0.